The van der Waals surface area contributed by atoms with E-state index in [1.807, 2.05) is 0 Å². The van der Waals surface area contributed by atoms with Gasteiger partial charge in [0.15, 0.2) is 28.6 Å². The van der Waals surface area contributed by atoms with E-state index in [1.54, 1.807) is 24.3 Å². The maximum atomic E-state index is 14.0. The molecule has 4 rings (SSSR count). The molecular weight excluding hydrogens is 523 g/mol. The van der Waals surface area contributed by atoms with Crippen molar-refractivity contribution in [3.05, 3.63) is 59.0 Å². The zero-order chi connectivity index (χ0) is 28.3. The van der Waals surface area contributed by atoms with E-state index < -0.39 is 65.8 Å². The van der Waals surface area contributed by atoms with Crippen LogP contribution in [0.1, 0.15) is 35.3 Å². The van der Waals surface area contributed by atoms with Crippen LogP contribution in [-0.2, 0) is 14.4 Å². The lowest BCUT2D eigenvalue weighted by atomic mass is 9.94. The molecule has 2 heterocycles. The third kappa shape index (κ3) is 6.02. The molecule has 0 saturated carbocycles. The van der Waals surface area contributed by atoms with Crippen LogP contribution in [0.3, 0.4) is 0 Å². The topological polar surface area (TPSA) is 139 Å². The predicted molar refractivity (Wildman–Crippen MR) is 128 cm³/mol. The maximum absolute atomic E-state index is 14.0. The predicted octanol–water partition coefficient (Wildman–Crippen LogP) is 3.01. The number of aromatic nitrogens is 1. The number of carbonyl (C=O) groups is 4. The molecule has 2 aromatic carbocycles. The molecule has 0 unspecified atom stereocenters. The standard InChI is InChI=1S/C26H24F3N3O7/c1-13-16(27)10-17(28)22(29)24(13)38-12-19(33)18(11-21(34)35)30-25(36)14-6-8-32(9-7-14)26(37)23-15-4-2-3-5-20(15)39-31-23/h2-5,10,14,18H,6-9,11-12H2,1H3,(H,30,36)(H,34,35)/t18-/m0/s1. The van der Waals surface area contributed by atoms with Crippen molar-refractivity contribution >= 4 is 34.5 Å². The lowest BCUT2D eigenvalue weighted by Crippen LogP contribution is -2.49. The summed E-state index contributed by atoms with van der Waals surface area (Å²) in [6, 6.07) is 5.70. The highest BCUT2D eigenvalue weighted by atomic mass is 19.2. The largest absolute Gasteiger partial charge is 0.482 e. The number of nitrogens with zero attached hydrogens (tertiary/aromatic N) is 2. The highest BCUT2D eigenvalue weighted by Crippen LogP contribution is 2.27. The van der Waals surface area contributed by atoms with E-state index in [1.165, 1.54) is 4.90 Å². The minimum absolute atomic E-state index is 0.158. The molecule has 0 spiro atoms. The molecule has 39 heavy (non-hydrogen) atoms. The van der Waals surface area contributed by atoms with Gasteiger partial charge >= 0.3 is 5.97 Å². The molecule has 0 radical (unpaired) electrons. The molecule has 0 aliphatic carbocycles. The third-order valence-electron chi connectivity index (χ3n) is 6.54. The number of likely N-dealkylation sites (tertiary alicyclic amines) is 1. The van der Waals surface area contributed by atoms with Gasteiger partial charge in [0.05, 0.1) is 11.8 Å². The molecule has 1 aromatic heterocycles. The number of rotatable bonds is 9. The fourth-order valence-corrected chi connectivity index (χ4v) is 4.32. The van der Waals surface area contributed by atoms with Crippen LogP contribution in [0.15, 0.2) is 34.9 Å². The lowest BCUT2D eigenvalue weighted by molar-refractivity contribution is -0.141. The number of fused-ring (bicyclic) bond motifs is 1. The second kappa shape index (κ2) is 11.5. The van der Waals surface area contributed by atoms with Crippen molar-refractivity contribution in [2.75, 3.05) is 19.7 Å². The van der Waals surface area contributed by atoms with Crippen LogP contribution in [0.25, 0.3) is 11.0 Å². The van der Waals surface area contributed by atoms with Gasteiger partial charge in [0.2, 0.25) is 11.7 Å². The number of ether oxygens (including phenoxy) is 1. The van der Waals surface area contributed by atoms with Gasteiger partial charge in [-0.15, -0.1) is 0 Å². The number of aliphatic carboxylic acids is 1. The van der Waals surface area contributed by atoms with Gasteiger partial charge < -0.3 is 24.6 Å². The number of piperidine rings is 1. The maximum Gasteiger partial charge on any atom is 0.305 e. The first-order valence-corrected chi connectivity index (χ1v) is 12.0. The summed E-state index contributed by atoms with van der Waals surface area (Å²) in [5.41, 5.74) is 0.250. The van der Waals surface area contributed by atoms with Gasteiger partial charge in [-0.3, -0.25) is 19.2 Å². The summed E-state index contributed by atoms with van der Waals surface area (Å²) in [7, 11) is 0. The number of carboxylic acids is 1. The average Bonchev–Trinajstić information content (AvgIpc) is 3.35. The second-order valence-corrected chi connectivity index (χ2v) is 9.12. The van der Waals surface area contributed by atoms with Crippen LogP contribution in [0.2, 0.25) is 0 Å². The Bertz CT molecular complexity index is 1410. The van der Waals surface area contributed by atoms with Crippen LogP contribution in [0.4, 0.5) is 13.2 Å². The Morgan fingerprint density at radius 3 is 2.54 bits per heavy atom. The van der Waals surface area contributed by atoms with Gasteiger partial charge in [0.25, 0.3) is 5.91 Å². The Hall–Kier alpha value is -4.42. The Labute approximate surface area is 219 Å². The summed E-state index contributed by atoms with van der Waals surface area (Å²) < 4.78 is 51.5. The highest BCUT2D eigenvalue weighted by Gasteiger charge is 2.33. The molecule has 1 saturated heterocycles. The van der Waals surface area contributed by atoms with Gasteiger partial charge in [0, 0.05) is 30.6 Å². The second-order valence-electron chi connectivity index (χ2n) is 9.12. The zero-order valence-electron chi connectivity index (χ0n) is 20.7. The Morgan fingerprint density at radius 1 is 1.15 bits per heavy atom. The van der Waals surface area contributed by atoms with E-state index >= 15 is 0 Å². The van der Waals surface area contributed by atoms with Crippen molar-refractivity contribution < 1.29 is 46.7 Å². The molecule has 1 aliphatic heterocycles. The molecule has 1 fully saturated rings. The van der Waals surface area contributed by atoms with E-state index in [0.717, 1.165) is 6.92 Å². The normalized spacial score (nSPS) is 14.7. The highest BCUT2D eigenvalue weighted by molar-refractivity contribution is 6.04. The van der Waals surface area contributed by atoms with Gasteiger partial charge in [-0.25, -0.2) is 8.78 Å². The van der Waals surface area contributed by atoms with Gasteiger partial charge in [0.1, 0.15) is 18.5 Å². The number of benzene rings is 2. The number of hydrogen-bond donors (Lipinski definition) is 2. The first-order chi connectivity index (χ1) is 18.6. The summed E-state index contributed by atoms with van der Waals surface area (Å²) in [6.45, 7) is 0.610. The van der Waals surface area contributed by atoms with Crippen molar-refractivity contribution in [1.82, 2.24) is 15.4 Å². The number of amides is 2. The van der Waals surface area contributed by atoms with Crippen LogP contribution < -0.4 is 10.1 Å². The van der Waals surface area contributed by atoms with Gasteiger partial charge in [-0.2, -0.15) is 4.39 Å². The van der Waals surface area contributed by atoms with Crippen LogP contribution >= 0.6 is 0 Å². The number of carbonyl (C=O) groups excluding carboxylic acids is 3. The van der Waals surface area contributed by atoms with Crippen molar-refractivity contribution in [3.63, 3.8) is 0 Å². The SMILES string of the molecule is Cc1c(F)cc(F)c(F)c1OCC(=O)[C@H](CC(=O)O)NC(=O)C1CCN(C(=O)c2noc3ccccc23)CC1. The minimum atomic E-state index is -1.53. The molecule has 13 heteroatoms. The Morgan fingerprint density at radius 2 is 1.85 bits per heavy atom. The fourth-order valence-electron chi connectivity index (χ4n) is 4.32. The third-order valence-corrected chi connectivity index (χ3v) is 6.54. The molecule has 2 N–H and O–H groups in total. The summed E-state index contributed by atoms with van der Waals surface area (Å²) in [6.07, 6.45) is -0.306. The average molecular weight is 547 g/mol. The Kier molecular flexibility index (Phi) is 8.17. The molecule has 1 aliphatic rings. The zero-order valence-corrected chi connectivity index (χ0v) is 20.7. The lowest BCUT2D eigenvalue weighted by Gasteiger charge is -2.31. The van der Waals surface area contributed by atoms with Gasteiger partial charge in [-0.1, -0.05) is 17.3 Å². The smallest absolute Gasteiger partial charge is 0.305 e. The Balaban J connectivity index is 1.36. The summed E-state index contributed by atoms with van der Waals surface area (Å²) in [4.78, 5) is 51.3. The summed E-state index contributed by atoms with van der Waals surface area (Å²) >= 11 is 0. The van der Waals surface area contributed by atoms with E-state index in [0.29, 0.717) is 17.0 Å². The molecule has 0 bridgehead atoms. The minimum Gasteiger partial charge on any atom is -0.482 e. The molecule has 10 nitrogen and oxygen atoms in total. The number of halogens is 3. The van der Waals surface area contributed by atoms with Crippen molar-refractivity contribution in [1.29, 1.82) is 0 Å². The quantitative estimate of drug-likeness (QED) is 0.390. The van der Waals surface area contributed by atoms with E-state index in [-0.39, 0.29) is 43.1 Å². The number of para-hydroxylation sites is 1. The van der Waals surface area contributed by atoms with Crippen molar-refractivity contribution in [3.8, 4) is 5.75 Å². The molecular formula is C26H24F3N3O7. The number of ketones is 1. The van der Waals surface area contributed by atoms with Crippen LogP contribution in [0.5, 0.6) is 5.75 Å². The van der Waals surface area contributed by atoms with Crippen LogP contribution in [0, 0.1) is 30.3 Å². The number of carboxylic acid groups (broad SMARTS) is 1. The van der Waals surface area contributed by atoms with Gasteiger partial charge in [-0.05, 0) is 31.9 Å². The molecule has 2 amide bonds. The van der Waals surface area contributed by atoms with Crippen molar-refractivity contribution in [2.24, 2.45) is 5.92 Å². The summed E-state index contributed by atoms with van der Waals surface area (Å²) in [5, 5.41) is 16.0. The monoisotopic (exact) mass is 547 g/mol. The van der Waals surface area contributed by atoms with E-state index in [2.05, 4.69) is 10.5 Å². The number of nitrogens with one attached hydrogen (secondary N) is 1. The molecule has 206 valence electrons. The van der Waals surface area contributed by atoms with Crippen LogP contribution in [-0.4, -0.2) is 64.5 Å². The first-order valence-electron chi connectivity index (χ1n) is 12.0. The fraction of sp³-hybridized carbons (Fsp3) is 0.346. The number of Topliss-reactive ketones (excluding diaryl/α,β-unsaturated/α-hetero) is 1. The molecule has 1 atom stereocenters. The number of hydrogen-bond acceptors (Lipinski definition) is 7. The molecule has 3 aromatic rings. The van der Waals surface area contributed by atoms with Crippen molar-refractivity contribution in [2.45, 2.75) is 32.2 Å². The van der Waals surface area contributed by atoms with E-state index in [4.69, 9.17) is 9.26 Å². The first kappa shape index (κ1) is 27.6. The summed E-state index contributed by atoms with van der Waals surface area (Å²) in [5.74, 6) is -8.83. The van der Waals surface area contributed by atoms with E-state index in [9.17, 15) is 37.5 Å².